The fourth-order valence-corrected chi connectivity index (χ4v) is 1.30. The molecule has 0 atom stereocenters. The molecule has 0 aliphatic carbocycles. The maximum atomic E-state index is 4.33. The number of hydrogen-bond donors (Lipinski definition) is 1. The molecule has 0 aromatic carbocycles. The molecular weight excluding hydrogens is 172 g/mol. The van der Waals surface area contributed by atoms with Gasteiger partial charge in [-0.15, -0.1) is 0 Å². The summed E-state index contributed by atoms with van der Waals surface area (Å²) in [5, 5.41) is 3.41. The van der Waals surface area contributed by atoms with E-state index in [-0.39, 0.29) is 0 Å². The van der Waals surface area contributed by atoms with Crippen molar-refractivity contribution in [2.75, 3.05) is 6.54 Å². The number of nitrogens with zero attached hydrogens (tertiary/aromatic N) is 1. The first-order valence-electron chi connectivity index (χ1n) is 5.31. The highest BCUT2D eigenvalue weighted by Crippen LogP contribution is 2.02. The number of aryl methyl sites for hydroxylation is 1. The minimum atomic E-state index is 0.771. The summed E-state index contributed by atoms with van der Waals surface area (Å²) in [6.45, 7) is 8.56. The first kappa shape index (κ1) is 11.2. The van der Waals surface area contributed by atoms with Gasteiger partial charge in [-0.2, -0.15) is 0 Å². The number of aromatic nitrogens is 1. The van der Waals surface area contributed by atoms with Crippen LogP contribution in [0.15, 0.2) is 18.3 Å². The van der Waals surface area contributed by atoms with Crippen molar-refractivity contribution in [3.63, 3.8) is 0 Å². The Morgan fingerprint density at radius 1 is 1.43 bits per heavy atom. The lowest BCUT2D eigenvalue weighted by Gasteiger charge is -2.07. The summed E-state index contributed by atoms with van der Waals surface area (Å²) < 4.78 is 0. The quantitative estimate of drug-likeness (QED) is 0.725. The van der Waals surface area contributed by atoms with Gasteiger partial charge in [-0.05, 0) is 37.4 Å². The van der Waals surface area contributed by atoms with E-state index in [9.17, 15) is 0 Å². The summed E-state index contributed by atoms with van der Waals surface area (Å²) in [6, 6.07) is 4.08. The fraction of sp³-hybridized carbons (Fsp3) is 0.583. The molecule has 78 valence electrons. The molecule has 0 unspecified atom stereocenters. The second kappa shape index (κ2) is 5.76. The third-order valence-corrected chi connectivity index (χ3v) is 2.31. The Hall–Kier alpha value is -0.890. The van der Waals surface area contributed by atoms with Crippen molar-refractivity contribution in [3.8, 4) is 0 Å². The van der Waals surface area contributed by atoms with Crippen molar-refractivity contribution >= 4 is 0 Å². The number of pyridine rings is 1. The second-order valence-electron chi connectivity index (χ2n) is 4.13. The molecule has 0 aliphatic heterocycles. The summed E-state index contributed by atoms with van der Waals surface area (Å²) >= 11 is 0. The van der Waals surface area contributed by atoms with Crippen LogP contribution < -0.4 is 5.32 Å². The normalized spacial score (nSPS) is 10.9. The third kappa shape index (κ3) is 3.88. The standard InChI is InChI=1S/C12H20N2/c1-10(2)6-8-13-9-12-11(3)5-4-7-14-12/h4-5,7,10,13H,6,8-9H2,1-3H3. The minimum Gasteiger partial charge on any atom is -0.311 e. The highest BCUT2D eigenvalue weighted by molar-refractivity contribution is 5.17. The van der Waals surface area contributed by atoms with Gasteiger partial charge < -0.3 is 5.32 Å². The maximum Gasteiger partial charge on any atom is 0.0570 e. The van der Waals surface area contributed by atoms with Gasteiger partial charge in [0.05, 0.1) is 5.69 Å². The van der Waals surface area contributed by atoms with Gasteiger partial charge in [-0.3, -0.25) is 4.98 Å². The van der Waals surface area contributed by atoms with Gasteiger partial charge in [-0.1, -0.05) is 19.9 Å². The van der Waals surface area contributed by atoms with Crippen LogP contribution in [-0.4, -0.2) is 11.5 Å². The van der Waals surface area contributed by atoms with E-state index in [0.29, 0.717) is 0 Å². The predicted octanol–water partition coefficient (Wildman–Crippen LogP) is 2.53. The molecule has 1 aromatic rings. The van der Waals surface area contributed by atoms with E-state index >= 15 is 0 Å². The monoisotopic (exact) mass is 192 g/mol. The molecule has 1 rings (SSSR count). The molecule has 0 saturated carbocycles. The largest absolute Gasteiger partial charge is 0.311 e. The van der Waals surface area contributed by atoms with Crippen molar-refractivity contribution in [2.24, 2.45) is 5.92 Å². The number of rotatable bonds is 5. The van der Waals surface area contributed by atoms with Crippen LogP contribution in [0.5, 0.6) is 0 Å². The lowest BCUT2D eigenvalue weighted by molar-refractivity contribution is 0.534. The average Bonchev–Trinajstić information content (AvgIpc) is 2.15. The molecule has 1 aromatic heterocycles. The number of hydrogen-bond acceptors (Lipinski definition) is 2. The Labute approximate surface area is 86.8 Å². The van der Waals surface area contributed by atoms with Gasteiger partial charge in [0.1, 0.15) is 0 Å². The van der Waals surface area contributed by atoms with Crippen molar-refractivity contribution in [1.82, 2.24) is 10.3 Å². The summed E-state index contributed by atoms with van der Waals surface area (Å²) in [4.78, 5) is 4.33. The topological polar surface area (TPSA) is 24.9 Å². The van der Waals surface area contributed by atoms with Crippen LogP contribution in [0.2, 0.25) is 0 Å². The Bertz CT molecular complexity index is 269. The molecule has 0 bridgehead atoms. The molecule has 1 N–H and O–H groups in total. The van der Waals surface area contributed by atoms with Crippen LogP contribution in [0.3, 0.4) is 0 Å². The van der Waals surface area contributed by atoms with E-state index in [1.807, 2.05) is 12.3 Å². The number of nitrogens with one attached hydrogen (secondary N) is 1. The van der Waals surface area contributed by atoms with Crippen molar-refractivity contribution in [2.45, 2.75) is 33.7 Å². The van der Waals surface area contributed by atoms with Crippen LogP contribution in [0, 0.1) is 12.8 Å². The Morgan fingerprint density at radius 2 is 2.21 bits per heavy atom. The van der Waals surface area contributed by atoms with Gasteiger partial charge in [0.2, 0.25) is 0 Å². The highest BCUT2D eigenvalue weighted by Gasteiger charge is 1.98. The van der Waals surface area contributed by atoms with E-state index < -0.39 is 0 Å². The third-order valence-electron chi connectivity index (χ3n) is 2.31. The predicted molar refractivity (Wildman–Crippen MR) is 60.1 cm³/mol. The Morgan fingerprint density at radius 3 is 2.86 bits per heavy atom. The molecule has 0 fully saturated rings. The van der Waals surface area contributed by atoms with E-state index in [1.54, 1.807) is 0 Å². The van der Waals surface area contributed by atoms with Crippen LogP contribution >= 0.6 is 0 Å². The molecule has 0 amide bonds. The molecule has 14 heavy (non-hydrogen) atoms. The molecule has 0 radical (unpaired) electrons. The molecular formula is C12H20N2. The SMILES string of the molecule is Cc1cccnc1CNCCC(C)C. The van der Waals surface area contributed by atoms with Gasteiger partial charge >= 0.3 is 0 Å². The zero-order valence-electron chi connectivity index (χ0n) is 9.38. The molecule has 0 aliphatic rings. The first-order chi connectivity index (χ1) is 6.70. The van der Waals surface area contributed by atoms with Crippen molar-refractivity contribution in [3.05, 3.63) is 29.6 Å². The highest BCUT2D eigenvalue weighted by atomic mass is 14.9. The Kier molecular flexibility index (Phi) is 4.60. The summed E-state index contributed by atoms with van der Waals surface area (Å²) in [6.07, 6.45) is 3.08. The van der Waals surface area contributed by atoms with Gasteiger partial charge in [0, 0.05) is 12.7 Å². The van der Waals surface area contributed by atoms with Crippen molar-refractivity contribution < 1.29 is 0 Å². The van der Waals surface area contributed by atoms with Crippen LogP contribution in [0.1, 0.15) is 31.5 Å². The summed E-state index contributed by atoms with van der Waals surface area (Å²) in [5.41, 5.74) is 2.43. The molecule has 2 heteroatoms. The zero-order chi connectivity index (χ0) is 10.4. The van der Waals surface area contributed by atoms with Crippen molar-refractivity contribution in [1.29, 1.82) is 0 Å². The average molecular weight is 192 g/mol. The van der Waals surface area contributed by atoms with Crippen LogP contribution in [0.4, 0.5) is 0 Å². The molecule has 0 spiro atoms. The van der Waals surface area contributed by atoms with Crippen LogP contribution in [0.25, 0.3) is 0 Å². The van der Waals surface area contributed by atoms with E-state index in [1.165, 1.54) is 12.0 Å². The maximum absolute atomic E-state index is 4.33. The summed E-state index contributed by atoms with van der Waals surface area (Å²) in [5.74, 6) is 0.771. The van der Waals surface area contributed by atoms with Gasteiger partial charge in [0.25, 0.3) is 0 Å². The first-order valence-corrected chi connectivity index (χ1v) is 5.31. The van der Waals surface area contributed by atoms with Crippen LogP contribution in [-0.2, 0) is 6.54 Å². The summed E-state index contributed by atoms with van der Waals surface area (Å²) in [7, 11) is 0. The van der Waals surface area contributed by atoms with E-state index in [0.717, 1.165) is 24.7 Å². The Balaban J connectivity index is 2.28. The minimum absolute atomic E-state index is 0.771. The zero-order valence-corrected chi connectivity index (χ0v) is 9.38. The van der Waals surface area contributed by atoms with E-state index in [4.69, 9.17) is 0 Å². The van der Waals surface area contributed by atoms with Gasteiger partial charge in [-0.25, -0.2) is 0 Å². The molecule has 1 heterocycles. The fourth-order valence-electron chi connectivity index (χ4n) is 1.30. The van der Waals surface area contributed by atoms with Gasteiger partial charge in [0.15, 0.2) is 0 Å². The second-order valence-corrected chi connectivity index (χ2v) is 4.13. The van der Waals surface area contributed by atoms with E-state index in [2.05, 4.69) is 37.1 Å². The lowest BCUT2D eigenvalue weighted by atomic mass is 10.1. The lowest BCUT2D eigenvalue weighted by Crippen LogP contribution is -2.17. The smallest absolute Gasteiger partial charge is 0.0570 e. The molecule has 2 nitrogen and oxygen atoms in total. The molecule has 0 saturated heterocycles.